The summed E-state index contributed by atoms with van der Waals surface area (Å²) in [6, 6.07) is 0. The third kappa shape index (κ3) is 31.0. The lowest BCUT2D eigenvalue weighted by Gasteiger charge is -2.41. The predicted molar refractivity (Wildman–Crippen MR) is 249 cm³/mol. The van der Waals surface area contributed by atoms with E-state index in [0.29, 0.717) is 12.8 Å². The van der Waals surface area contributed by atoms with Gasteiger partial charge in [-0.05, 0) is 89.9 Å². The topological polar surface area (TPSA) is 210 Å². The number of aliphatic hydroxyl groups is 5. The van der Waals surface area contributed by atoms with Gasteiger partial charge in [-0.3, -0.25) is 18.6 Å². The van der Waals surface area contributed by atoms with E-state index in [1.807, 2.05) is 0 Å². The number of hydrogen-bond donors (Lipinski definition) is 6. The summed E-state index contributed by atoms with van der Waals surface area (Å²) < 4.78 is 33.5. The lowest BCUT2D eigenvalue weighted by atomic mass is 9.85. The number of unbranched alkanes of at least 4 members (excludes halogenated alkanes) is 14. The molecule has 1 aliphatic rings. The summed E-state index contributed by atoms with van der Waals surface area (Å²) in [4.78, 5) is 35.7. The van der Waals surface area contributed by atoms with Crippen LogP contribution in [0.5, 0.6) is 0 Å². The van der Waals surface area contributed by atoms with Gasteiger partial charge in [-0.1, -0.05) is 138 Å². The van der Waals surface area contributed by atoms with Gasteiger partial charge in [0, 0.05) is 12.8 Å². The van der Waals surface area contributed by atoms with Crippen LogP contribution in [0.3, 0.4) is 0 Å². The Morgan fingerprint density at radius 3 is 1.37 bits per heavy atom. The van der Waals surface area contributed by atoms with Gasteiger partial charge < -0.3 is 39.9 Å². The average molecular weight is 911 g/mol. The van der Waals surface area contributed by atoms with Crippen LogP contribution >= 0.6 is 7.82 Å². The summed E-state index contributed by atoms with van der Waals surface area (Å²) in [6.45, 7) is 3.20. The molecular weight excluding hydrogens is 827 g/mol. The molecule has 0 heterocycles. The van der Waals surface area contributed by atoms with E-state index in [1.165, 1.54) is 57.8 Å². The standard InChI is InChI=1S/C49H83O13P/c1-3-5-7-9-11-13-15-17-19-20-21-22-24-25-27-29-31-33-35-37-42(50)59-39-41(40-60-63(57,58)62-49-47(55)45(53)44(52)46(54)48(49)56)61-43(51)38-36-34-32-30-28-26-23-18-16-14-12-10-8-6-4-2/h11,13,17-19,21-23,25,27-28,30,41,44-49,52-56H,3-10,12,14-16,20,24,26,29,31-40H2,1-2H3,(H,57,58)/b13-11+,19-17+,22-21+,23-18+,27-25+,30-28+/t41-,44?,45-,46?,47?,48?,49?/m0/s1. The molecule has 0 spiro atoms. The number of carbonyl (C=O) groups excluding carboxylic acids is 2. The highest BCUT2D eigenvalue weighted by Crippen LogP contribution is 2.47. The van der Waals surface area contributed by atoms with Gasteiger partial charge in [-0.15, -0.1) is 0 Å². The number of esters is 2. The Bertz CT molecular complexity index is 1380. The van der Waals surface area contributed by atoms with Gasteiger partial charge in [-0.25, -0.2) is 4.57 Å². The predicted octanol–water partition coefficient (Wildman–Crippen LogP) is 9.50. The highest BCUT2D eigenvalue weighted by atomic mass is 31.2. The second-order valence-corrected chi connectivity index (χ2v) is 17.7. The van der Waals surface area contributed by atoms with Gasteiger partial charge in [-0.2, -0.15) is 0 Å². The minimum Gasteiger partial charge on any atom is -0.462 e. The Morgan fingerprint density at radius 1 is 0.492 bits per heavy atom. The largest absolute Gasteiger partial charge is 0.472 e. The molecule has 0 amide bonds. The Morgan fingerprint density at radius 2 is 0.857 bits per heavy atom. The number of aliphatic hydroxyl groups excluding tert-OH is 5. The van der Waals surface area contributed by atoms with Crippen molar-refractivity contribution < 1.29 is 63.1 Å². The van der Waals surface area contributed by atoms with Crippen LogP contribution in [0.4, 0.5) is 0 Å². The fourth-order valence-electron chi connectivity index (χ4n) is 6.65. The quantitative estimate of drug-likeness (QED) is 0.0148. The molecule has 0 saturated heterocycles. The molecule has 6 N–H and O–H groups in total. The van der Waals surface area contributed by atoms with Crippen LogP contribution in [0.15, 0.2) is 72.9 Å². The van der Waals surface area contributed by atoms with Crippen molar-refractivity contribution in [3.8, 4) is 0 Å². The van der Waals surface area contributed by atoms with Gasteiger partial charge in [0.1, 0.15) is 43.2 Å². The SMILES string of the molecule is CCCCC/C=C/C/C=C/C/C=C/C/C=C/CCCCCC(=O)OC[C@@H](COP(=O)(O)OC1C(O)C(O)C(O)[C@H](O)C1O)OC(=O)CCCC/C=C/C/C=C/CCCCCCCC. The maximum atomic E-state index is 12.8. The molecule has 14 heteroatoms. The van der Waals surface area contributed by atoms with Gasteiger partial charge in [0.15, 0.2) is 6.10 Å². The summed E-state index contributed by atoms with van der Waals surface area (Å²) in [5, 5.41) is 50.2. The monoisotopic (exact) mass is 911 g/mol. The molecule has 6 unspecified atom stereocenters. The van der Waals surface area contributed by atoms with Gasteiger partial charge in [0.25, 0.3) is 0 Å². The van der Waals surface area contributed by atoms with Gasteiger partial charge in [0.2, 0.25) is 0 Å². The van der Waals surface area contributed by atoms with Crippen molar-refractivity contribution in [3.63, 3.8) is 0 Å². The fourth-order valence-corrected chi connectivity index (χ4v) is 7.62. The number of hydrogen-bond acceptors (Lipinski definition) is 12. The van der Waals surface area contributed by atoms with Crippen molar-refractivity contribution in [2.75, 3.05) is 13.2 Å². The molecule has 1 saturated carbocycles. The molecule has 1 fully saturated rings. The number of phosphoric ester groups is 1. The Hall–Kier alpha value is -2.71. The van der Waals surface area contributed by atoms with E-state index in [9.17, 15) is 44.6 Å². The first-order valence-electron chi connectivity index (χ1n) is 23.7. The summed E-state index contributed by atoms with van der Waals surface area (Å²) in [6.07, 6.45) is 35.3. The van der Waals surface area contributed by atoms with E-state index >= 15 is 0 Å². The normalized spacial score (nSPS) is 22.3. The summed E-state index contributed by atoms with van der Waals surface area (Å²) in [5.74, 6) is -1.18. The van der Waals surface area contributed by atoms with E-state index in [4.69, 9.17) is 18.5 Å². The summed E-state index contributed by atoms with van der Waals surface area (Å²) >= 11 is 0. The van der Waals surface area contributed by atoms with Crippen molar-refractivity contribution in [3.05, 3.63) is 72.9 Å². The zero-order chi connectivity index (χ0) is 46.4. The summed E-state index contributed by atoms with van der Waals surface area (Å²) in [7, 11) is -5.14. The van der Waals surface area contributed by atoms with Crippen LogP contribution in [-0.2, 0) is 32.7 Å². The fraction of sp³-hybridized carbons (Fsp3) is 0.714. The molecule has 0 bridgehead atoms. The number of ether oxygens (including phenoxy) is 2. The van der Waals surface area contributed by atoms with E-state index < -0.39 is 75.7 Å². The van der Waals surface area contributed by atoms with Crippen LogP contribution in [0.25, 0.3) is 0 Å². The molecule has 63 heavy (non-hydrogen) atoms. The highest BCUT2D eigenvalue weighted by molar-refractivity contribution is 7.47. The molecule has 1 rings (SSSR count). The van der Waals surface area contributed by atoms with E-state index in [0.717, 1.165) is 70.6 Å². The first-order valence-corrected chi connectivity index (χ1v) is 25.2. The van der Waals surface area contributed by atoms with E-state index in [2.05, 4.69) is 86.8 Å². The molecule has 0 aromatic heterocycles. The van der Waals surface area contributed by atoms with Crippen molar-refractivity contribution in [1.29, 1.82) is 0 Å². The smallest absolute Gasteiger partial charge is 0.462 e. The Labute approximate surface area is 378 Å². The molecule has 8 atom stereocenters. The van der Waals surface area contributed by atoms with E-state index in [-0.39, 0.29) is 12.8 Å². The molecule has 0 aliphatic heterocycles. The van der Waals surface area contributed by atoms with Gasteiger partial charge >= 0.3 is 19.8 Å². The molecule has 0 aromatic carbocycles. The van der Waals surface area contributed by atoms with Crippen molar-refractivity contribution in [2.45, 2.75) is 211 Å². The zero-order valence-corrected chi connectivity index (χ0v) is 39.2. The minimum absolute atomic E-state index is 0.0434. The van der Waals surface area contributed by atoms with Crippen LogP contribution in [0.2, 0.25) is 0 Å². The molecule has 1 aliphatic carbocycles. The third-order valence-electron chi connectivity index (χ3n) is 10.5. The molecule has 0 aromatic rings. The molecular formula is C49H83O13P. The van der Waals surface area contributed by atoms with Crippen LogP contribution in [0, 0.1) is 0 Å². The van der Waals surface area contributed by atoms with Crippen molar-refractivity contribution >= 4 is 19.8 Å². The number of phosphoric acid groups is 1. The van der Waals surface area contributed by atoms with Crippen molar-refractivity contribution in [2.24, 2.45) is 0 Å². The highest BCUT2D eigenvalue weighted by Gasteiger charge is 2.51. The first-order chi connectivity index (χ1) is 30.4. The van der Waals surface area contributed by atoms with Gasteiger partial charge in [0.05, 0.1) is 6.61 Å². The minimum atomic E-state index is -5.14. The number of carbonyl (C=O) groups is 2. The van der Waals surface area contributed by atoms with Crippen LogP contribution in [0.1, 0.15) is 168 Å². The Kier molecular flexibility index (Phi) is 35.7. The molecule has 13 nitrogen and oxygen atoms in total. The lowest BCUT2D eigenvalue weighted by molar-refractivity contribution is -0.220. The average Bonchev–Trinajstić information content (AvgIpc) is 3.26. The summed E-state index contributed by atoms with van der Waals surface area (Å²) in [5.41, 5.74) is 0. The number of allylic oxidation sites excluding steroid dienone is 12. The number of rotatable bonds is 38. The van der Waals surface area contributed by atoms with E-state index in [1.54, 1.807) is 0 Å². The maximum absolute atomic E-state index is 12.8. The second-order valence-electron chi connectivity index (χ2n) is 16.3. The van der Waals surface area contributed by atoms with Crippen LogP contribution in [-0.4, -0.2) is 98.3 Å². The second kappa shape index (κ2) is 38.5. The Balaban J connectivity index is 2.50. The lowest BCUT2D eigenvalue weighted by Crippen LogP contribution is -2.64. The maximum Gasteiger partial charge on any atom is 0.472 e. The molecule has 362 valence electrons. The van der Waals surface area contributed by atoms with Crippen LogP contribution < -0.4 is 0 Å². The zero-order valence-electron chi connectivity index (χ0n) is 38.3. The molecule has 0 radical (unpaired) electrons. The first kappa shape index (κ1) is 58.3. The third-order valence-corrected chi connectivity index (χ3v) is 11.5. The van der Waals surface area contributed by atoms with Crippen molar-refractivity contribution in [1.82, 2.24) is 0 Å².